The second kappa shape index (κ2) is 13.1. The highest BCUT2D eigenvalue weighted by atomic mass is 32.2. The van der Waals surface area contributed by atoms with Crippen molar-refractivity contribution in [2.75, 3.05) is 39.1 Å². The topological polar surface area (TPSA) is 131 Å². The van der Waals surface area contributed by atoms with Crippen LogP contribution in [0.15, 0.2) is 42.7 Å². The van der Waals surface area contributed by atoms with E-state index in [4.69, 9.17) is 23.4 Å². The summed E-state index contributed by atoms with van der Waals surface area (Å²) in [6.07, 6.45) is 6.06. The summed E-state index contributed by atoms with van der Waals surface area (Å²) in [5.74, 6) is 2.91. The van der Waals surface area contributed by atoms with Crippen molar-refractivity contribution < 1.29 is 26.8 Å². The van der Waals surface area contributed by atoms with Crippen LogP contribution in [0.2, 0.25) is 0 Å². The van der Waals surface area contributed by atoms with Crippen molar-refractivity contribution in [2.24, 2.45) is 5.92 Å². The molecule has 2 atom stereocenters. The largest absolute Gasteiger partial charge is 0.497 e. The molecule has 1 saturated carbocycles. The number of hydrogen-bond acceptors (Lipinski definition) is 11. The molecular formula is C30H38N6O6S. The average Bonchev–Trinajstić information content (AvgIpc) is 3.45. The van der Waals surface area contributed by atoms with Crippen molar-refractivity contribution >= 4 is 27.1 Å². The quantitative estimate of drug-likeness (QED) is 0.211. The number of anilines is 1. The van der Waals surface area contributed by atoms with Crippen LogP contribution in [0.3, 0.4) is 0 Å². The number of aryl methyl sites for hydroxylation is 1. The van der Waals surface area contributed by atoms with Crippen molar-refractivity contribution in [2.45, 2.75) is 51.7 Å². The van der Waals surface area contributed by atoms with Gasteiger partial charge in [-0.2, -0.15) is 8.42 Å². The third-order valence-corrected chi connectivity index (χ3v) is 8.38. The molecule has 43 heavy (non-hydrogen) atoms. The summed E-state index contributed by atoms with van der Waals surface area (Å²) in [5.41, 5.74) is 4.23. The van der Waals surface area contributed by atoms with E-state index in [1.807, 2.05) is 35.9 Å². The molecule has 13 heteroatoms. The van der Waals surface area contributed by atoms with Gasteiger partial charge in [0.1, 0.15) is 23.6 Å². The first kappa shape index (κ1) is 30.5. The van der Waals surface area contributed by atoms with Gasteiger partial charge in [0.05, 0.1) is 40.2 Å². The van der Waals surface area contributed by atoms with E-state index in [2.05, 4.69) is 32.3 Å². The summed E-state index contributed by atoms with van der Waals surface area (Å²) in [6.45, 7) is 3.13. The summed E-state index contributed by atoms with van der Waals surface area (Å²) in [6, 6.07) is 11.9. The molecule has 2 aromatic carbocycles. The molecular weight excluding hydrogens is 572 g/mol. The molecule has 1 fully saturated rings. The van der Waals surface area contributed by atoms with Crippen molar-refractivity contribution in [1.82, 2.24) is 25.0 Å². The Kier molecular flexibility index (Phi) is 9.31. The lowest BCUT2D eigenvalue weighted by Crippen LogP contribution is -2.25. The molecule has 2 aromatic heterocycles. The summed E-state index contributed by atoms with van der Waals surface area (Å²) in [5, 5.41) is 9.11. The van der Waals surface area contributed by atoms with Gasteiger partial charge in [0.2, 0.25) is 0 Å². The van der Waals surface area contributed by atoms with Gasteiger partial charge in [0.15, 0.2) is 17.0 Å². The molecule has 0 radical (unpaired) electrons. The molecule has 0 aliphatic heterocycles. The molecule has 230 valence electrons. The summed E-state index contributed by atoms with van der Waals surface area (Å²) >= 11 is 0. The van der Waals surface area contributed by atoms with Crippen molar-refractivity contribution in [3.63, 3.8) is 0 Å². The van der Waals surface area contributed by atoms with Gasteiger partial charge in [-0.25, -0.2) is 14.6 Å². The Morgan fingerprint density at radius 2 is 1.67 bits per heavy atom. The second-order valence-corrected chi connectivity index (χ2v) is 12.6. The minimum Gasteiger partial charge on any atom is -0.497 e. The fourth-order valence-electron chi connectivity index (χ4n) is 5.67. The smallest absolute Gasteiger partial charge is 0.264 e. The van der Waals surface area contributed by atoms with Crippen molar-refractivity contribution in [1.29, 1.82) is 0 Å². The number of ether oxygens (including phenoxy) is 3. The van der Waals surface area contributed by atoms with E-state index in [9.17, 15) is 8.42 Å². The Balaban J connectivity index is 1.51. The van der Waals surface area contributed by atoms with E-state index in [0.29, 0.717) is 41.6 Å². The number of benzene rings is 2. The summed E-state index contributed by atoms with van der Waals surface area (Å²) < 4.78 is 46.9. The zero-order chi connectivity index (χ0) is 30.6. The molecule has 0 N–H and O–H groups in total. The van der Waals surface area contributed by atoms with Crippen LogP contribution in [0, 0.1) is 12.8 Å². The maximum absolute atomic E-state index is 11.6. The number of nitrogens with zero attached hydrogens (tertiary/aromatic N) is 6. The lowest BCUT2D eigenvalue weighted by molar-refractivity contribution is 0.177. The molecule has 1 aliphatic rings. The number of methoxy groups -OCH3 is 3. The van der Waals surface area contributed by atoms with E-state index in [1.54, 1.807) is 21.3 Å². The Morgan fingerprint density at radius 3 is 2.37 bits per heavy atom. The van der Waals surface area contributed by atoms with Gasteiger partial charge in [0, 0.05) is 30.3 Å². The molecule has 2 heterocycles. The van der Waals surface area contributed by atoms with Gasteiger partial charge < -0.3 is 19.1 Å². The van der Waals surface area contributed by atoms with E-state index < -0.39 is 10.1 Å². The Hall–Kier alpha value is -3.97. The van der Waals surface area contributed by atoms with Gasteiger partial charge in [-0.1, -0.05) is 23.8 Å². The van der Waals surface area contributed by atoms with Crippen molar-refractivity contribution in [3.05, 3.63) is 59.4 Å². The highest BCUT2D eigenvalue weighted by Gasteiger charge is 2.28. The van der Waals surface area contributed by atoms with Gasteiger partial charge in [-0.15, -0.1) is 5.10 Å². The summed E-state index contributed by atoms with van der Waals surface area (Å²) in [4.78, 5) is 11.4. The third-order valence-electron chi connectivity index (χ3n) is 7.82. The average molecular weight is 611 g/mol. The van der Waals surface area contributed by atoms with E-state index >= 15 is 0 Å². The molecule has 0 bridgehead atoms. The molecule has 12 nitrogen and oxygen atoms in total. The SMILES string of the molecule is COc1ccc(CN(Cc2ccc(C)cc2OC)c2ncnc3c2nnn3C2CCCC(COS(C)(=O)=O)C2)c(OC)c1. The first-order chi connectivity index (χ1) is 20.7. The maximum Gasteiger partial charge on any atom is 0.264 e. The molecule has 0 spiro atoms. The molecule has 0 amide bonds. The zero-order valence-corrected chi connectivity index (χ0v) is 26.0. The lowest BCUT2D eigenvalue weighted by Gasteiger charge is -2.28. The van der Waals surface area contributed by atoms with Crippen LogP contribution in [0.5, 0.6) is 17.2 Å². The molecule has 2 unspecified atom stereocenters. The third kappa shape index (κ3) is 7.16. The number of fused-ring (bicyclic) bond motifs is 1. The Labute approximate surface area is 252 Å². The highest BCUT2D eigenvalue weighted by Crippen LogP contribution is 2.36. The molecule has 0 saturated heterocycles. The van der Waals surface area contributed by atoms with Gasteiger partial charge in [-0.05, 0) is 55.9 Å². The summed E-state index contributed by atoms with van der Waals surface area (Å²) in [7, 11) is 1.43. The Bertz CT molecular complexity index is 1680. The van der Waals surface area contributed by atoms with E-state index in [1.165, 1.54) is 6.33 Å². The van der Waals surface area contributed by atoms with Gasteiger partial charge in [-0.3, -0.25) is 4.18 Å². The lowest BCUT2D eigenvalue weighted by atomic mass is 9.86. The minimum atomic E-state index is -3.50. The van der Waals surface area contributed by atoms with Crippen LogP contribution in [0.4, 0.5) is 5.82 Å². The number of rotatable bonds is 12. The van der Waals surface area contributed by atoms with Gasteiger partial charge >= 0.3 is 0 Å². The van der Waals surface area contributed by atoms with Crippen LogP contribution < -0.4 is 19.1 Å². The molecule has 1 aliphatic carbocycles. The molecule has 5 rings (SSSR count). The van der Waals surface area contributed by atoms with Crippen LogP contribution in [0.25, 0.3) is 11.2 Å². The normalized spacial score (nSPS) is 17.1. The molecule has 4 aromatic rings. The number of aromatic nitrogens is 5. The first-order valence-electron chi connectivity index (χ1n) is 14.2. The standard InChI is InChI=1S/C30H38N6O6S/c1-20-9-10-22(26(13-20)40-3)16-35(17-23-11-12-25(39-2)15-27(23)41-4)29-28-30(32-19-31-29)36(34-33-28)24-8-6-7-21(14-24)18-42-43(5,37)38/h9-13,15,19,21,24H,6-8,14,16-18H2,1-5H3. The second-order valence-electron chi connectivity index (χ2n) is 10.9. The first-order valence-corrected chi connectivity index (χ1v) is 16.0. The minimum absolute atomic E-state index is 0.0157. The van der Waals surface area contributed by atoms with E-state index in [0.717, 1.165) is 54.4 Å². The van der Waals surface area contributed by atoms with E-state index in [-0.39, 0.29) is 18.6 Å². The van der Waals surface area contributed by atoms with Crippen LogP contribution in [-0.4, -0.2) is 67.6 Å². The zero-order valence-electron chi connectivity index (χ0n) is 25.2. The van der Waals surface area contributed by atoms with Crippen LogP contribution in [-0.2, 0) is 27.4 Å². The van der Waals surface area contributed by atoms with Crippen LogP contribution in [0.1, 0.15) is 48.4 Å². The monoisotopic (exact) mass is 610 g/mol. The maximum atomic E-state index is 11.6. The van der Waals surface area contributed by atoms with Crippen LogP contribution >= 0.6 is 0 Å². The number of hydrogen-bond donors (Lipinski definition) is 0. The van der Waals surface area contributed by atoms with Gasteiger partial charge in [0.25, 0.3) is 10.1 Å². The predicted molar refractivity (Wildman–Crippen MR) is 162 cm³/mol. The van der Waals surface area contributed by atoms with Crippen molar-refractivity contribution in [3.8, 4) is 17.2 Å². The highest BCUT2D eigenvalue weighted by molar-refractivity contribution is 7.85. The predicted octanol–water partition coefficient (Wildman–Crippen LogP) is 4.47. The Morgan fingerprint density at radius 1 is 0.953 bits per heavy atom. The fourth-order valence-corrected chi connectivity index (χ4v) is 6.11. The fraction of sp³-hybridized carbons (Fsp3) is 0.467.